The number of methoxy groups -OCH3 is 1. The molecule has 1 aromatic heterocycles. The number of aromatic nitrogens is 1. The molecule has 2 amide bonds. The van der Waals surface area contributed by atoms with E-state index in [0.717, 1.165) is 0 Å². The Morgan fingerprint density at radius 3 is 2.42 bits per heavy atom. The standard InChI is InChI=1S/C26H29N5O5/c1-29(2)24(32)16-30-10-12-31(13-11-30)23-15-20(26(34)35)19-14-17(8-9-21(19)28-23)27-25(33)18-6-4-5-7-22(18)36-3/h4-9,14-15H,10-13,16H2,1-3H3,(H,27,33)(H,34,35). The van der Waals surface area contributed by atoms with Crippen LogP contribution >= 0.6 is 0 Å². The SMILES string of the molecule is COc1ccccc1C(=O)Nc1ccc2nc(N3CCN(CC(=O)N(C)C)CC3)cc(C(=O)O)c2c1. The molecule has 0 atom stereocenters. The number of likely N-dealkylation sites (N-methyl/N-ethyl adjacent to an activating group) is 1. The number of piperazine rings is 1. The lowest BCUT2D eigenvalue weighted by molar-refractivity contribution is -0.129. The van der Waals surface area contributed by atoms with Crippen molar-refractivity contribution in [2.45, 2.75) is 0 Å². The maximum absolute atomic E-state index is 12.8. The van der Waals surface area contributed by atoms with E-state index in [0.29, 0.717) is 66.4 Å². The van der Waals surface area contributed by atoms with Gasteiger partial charge in [0.25, 0.3) is 5.91 Å². The number of aromatic carboxylic acids is 1. The van der Waals surface area contributed by atoms with Gasteiger partial charge in [0.15, 0.2) is 0 Å². The van der Waals surface area contributed by atoms with Crippen molar-refractivity contribution in [2.75, 3.05) is 64.1 Å². The van der Waals surface area contributed by atoms with Gasteiger partial charge in [-0.05, 0) is 36.4 Å². The molecular weight excluding hydrogens is 462 g/mol. The average Bonchev–Trinajstić information content (AvgIpc) is 2.88. The van der Waals surface area contributed by atoms with Crippen molar-refractivity contribution in [3.8, 4) is 5.75 Å². The Labute approximate surface area is 209 Å². The van der Waals surface area contributed by atoms with E-state index < -0.39 is 5.97 Å². The molecule has 2 N–H and O–H groups in total. The predicted molar refractivity (Wildman–Crippen MR) is 137 cm³/mol. The first-order valence-corrected chi connectivity index (χ1v) is 11.6. The van der Waals surface area contributed by atoms with Crippen LogP contribution in [0.4, 0.5) is 11.5 Å². The number of para-hydroxylation sites is 1. The second-order valence-electron chi connectivity index (χ2n) is 8.77. The summed E-state index contributed by atoms with van der Waals surface area (Å²) in [5.74, 6) is -0.371. The second kappa shape index (κ2) is 10.6. The number of pyridine rings is 1. The first kappa shape index (κ1) is 24.9. The Morgan fingerprint density at radius 1 is 1.03 bits per heavy atom. The fraction of sp³-hybridized carbons (Fsp3) is 0.308. The fourth-order valence-corrected chi connectivity index (χ4v) is 4.13. The Kier molecular flexibility index (Phi) is 7.35. The maximum atomic E-state index is 12.8. The predicted octanol–water partition coefficient (Wildman–Crippen LogP) is 2.40. The number of ether oxygens (including phenoxy) is 1. The molecule has 1 saturated heterocycles. The van der Waals surface area contributed by atoms with E-state index in [1.54, 1.807) is 67.5 Å². The monoisotopic (exact) mass is 491 g/mol. The van der Waals surface area contributed by atoms with Crippen LogP contribution in [-0.4, -0.2) is 91.6 Å². The molecule has 2 aromatic carbocycles. The van der Waals surface area contributed by atoms with Crippen LogP contribution in [0.2, 0.25) is 0 Å². The van der Waals surface area contributed by atoms with Crippen molar-refractivity contribution in [3.05, 3.63) is 59.7 Å². The van der Waals surface area contributed by atoms with Gasteiger partial charge in [0.05, 0.1) is 30.3 Å². The molecule has 0 radical (unpaired) electrons. The van der Waals surface area contributed by atoms with E-state index in [2.05, 4.69) is 10.2 Å². The minimum atomic E-state index is -1.08. The Balaban J connectivity index is 1.55. The highest BCUT2D eigenvalue weighted by Crippen LogP contribution is 2.27. The van der Waals surface area contributed by atoms with Gasteiger partial charge in [0.1, 0.15) is 11.6 Å². The van der Waals surface area contributed by atoms with Crippen molar-refractivity contribution >= 4 is 40.2 Å². The van der Waals surface area contributed by atoms with Crippen molar-refractivity contribution in [3.63, 3.8) is 0 Å². The lowest BCUT2D eigenvalue weighted by Gasteiger charge is -2.35. The number of hydrogen-bond acceptors (Lipinski definition) is 7. The van der Waals surface area contributed by atoms with E-state index in [1.807, 2.05) is 4.90 Å². The lowest BCUT2D eigenvalue weighted by Crippen LogP contribution is -2.49. The number of carbonyl (C=O) groups is 3. The summed E-state index contributed by atoms with van der Waals surface area (Å²) in [5.41, 5.74) is 1.45. The largest absolute Gasteiger partial charge is 0.496 e. The number of carboxylic acids is 1. The summed E-state index contributed by atoms with van der Waals surface area (Å²) in [6.45, 7) is 2.97. The third kappa shape index (κ3) is 5.38. The molecule has 188 valence electrons. The van der Waals surface area contributed by atoms with E-state index in [4.69, 9.17) is 9.72 Å². The zero-order chi connectivity index (χ0) is 25.8. The van der Waals surface area contributed by atoms with E-state index in [1.165, 1.54) is 7.11 Å². The summed E-state index contributed by atoms with van der Waals surface area (Å²) < 4.78 is 5.26. The van der Waals surface area contributed by atoms with Gasteiger partial charge in [0, 0.05) is 51.3 Å². The lowest BCUT2D eigenvalue weighted by atomic mass is 10.1. The molecule has 3 aromatic rings. The summed E-state index contributed by atoms with van der Waals surface area (Å²) in [5, 5.41) is 13.2. The molecule has 1 fully saturated rings. The highest BCUT2D eigenvalue weighted by atomic mass is 16.5. The molecule has 36 heavy (non-hydrogen) atoms. The van der Waals surface area contributed by atoms with Crippen LogP contribution in [-0.2, 0) is 4.79 Å². The van der Waals surface area contributed by atoms with Crippen LogP contribution in [0.15, 0.2) is 48.5 Å². The van der Waals surface area contributed by atoms with Crippen LogP contribution in [0.1, 0.15) is 20.7 Å². The molecular formula is C26H29N5O5. The van der Waals surface area contributed by atoms with Crippen molar-refractivity contribution < 1.29 is 24.2 Å². The first-order valence-electron chi connectivity index (χ1n) is 11.6. The van der Waals surface area contributed by atoms with Crippen molar-refractivity contribution in [1.82, 2.24) is 14.8 Å². The third-order valence-corrected chi connectivity index (χ3v) is 6.19. The molecule has 4 rings (SSSR count). The molecule has 0 saturated carbocycles. The summed E-state index contributed by atoms with van der Waals surface area (Å²) in [6, 6.07) is 13.5. The van der Waals surface area contributed by atoms with Crippen LogP contribution < -0.4 is 15.0 Å². The number of amides is 2. The van der Waals surface area contributed by atoms with Crippen molar-refractivity contribution in [2.24, 2.45) is 0 Å². The molecule has 0 aliphatic carbocycles. The molecule has 0 spiro atoms. The number of nitrogens with zero attached hydrogens (tertiary/aromatic N) is 4. The molecule has 0 bridgehead atoms. The summed E-state index contributed by atoms with van der Waals surface area (Å²) in [4.78, 5) is 47.3. The van der Waals surface area contributed by atoms with Gasteiger partial charge >= 0.3 is 5.97 Å². The van der Waals surface area contributed by atoms with Gasteiger partial charge in [-0.2, -0.15) is 0 Å². The quantitative estimate of drug-likeness (QED) is 0.518. The maximum Gasteiger partial charge on any atom is 0.336 e. The number of rotatable bonds is 7. The Bertz CT molecular complexity index is 1300. The number of carbonyl (C=O) groups excluding carboxylic acids is 2. The van der Waals surface area contributed by atoms with Crippen LogP contribution in [0.3, 0.4) is 0 Å². The highest BCUT2D eigenvalue weighted by Gasteiger charge is 2.23. The summed E-state index contributed by atoms with van der Waals surface area (Å²) >= 11 is 0. The topological polar surface area (TPSA) is 115 Å². The smallest absolute Gasteiger partial charge is 0.336 e. The number of hydrogen-bond donors (Lipinski definition) is 2. The minimum Gasteiger partial charge on any atom is -0.496 e. The normalized spacial score (nSPS) is 13.9. The van der Waals surface area contributed by atoms with E-state index >= 15 is 0 Å². The molecule has 1 aliphatic heterocycles. The van der Waals surface area contributed by atoms with Gasteiger partial charge in [-0.3, -0.25) is 14.5 Å². The van der Waals surface area contributed by atoms with Gasteiger partial charge in [0.2, 0.25) is 5.91 Å². The van der Waals surface area contributed by atoms with Crippen LogP contribution in [0.25, 0.3) is 10.9 Å². The van der Waals surface area contributed by atoms with Gasteiger partial charge < -0.3 is 25.0 Å². The number of nitrogens with one attached hydrogen (secondary N) is 1. The minimum absolute atomic E-state index is 0.0500. The highest BCUT2D eigenvalue weighted by molar-refractivity contribution is 6.09. The Hall–Kier alpha value is -4.18. The number of fused-ring (bicyclic) bond motifs is 1. The van der Waals surface area contributed by atoms with Crippen LogP contribution in [0, 0.1) is 0 Å². The second-order valence-corrected chi connectivity index (χ2v) is 8.77. The van der Waals surface area contributed by atoms with E-state index in [9.17, 15) is 19.5 Å². The average molecular weight is 492 g/mol. The van der Waals surface area contributed by atoms with Gasteiger partial charge in [-0.15, -0.1) is 0 Å². The summed E-state index contributed by atoms with van der Waals surface area (Å²) in [7, 11) is 4.97. The zero-order valence-electron chi connectivity index (χ0n) is 20.5. The molecule has 2 heterocycles. The molecule has 0 unspecified atom stereocenters. The number of benzene rings is 2. The molecule has 1 aliphatic rings. The first-order chi connectivity index (χ1) is 17.3. The molecule has 10 heteroatoms. The van der Waals surface area contributed by atoms with Crippen molar-refractivity contribution in [1.29, 1.82) is 0 Å². The fourth-order valence-electron chi connectivity index (χ4n) is 4.13. The van der Waals surface area contributed by atoms with Crippen LogP contribution in [0.5, 0.6) is 5.75 Å². The number of carboxylic acid groups (broad SMARTS) is 1. The zero-order valence-corrected chi connectivity index (χ0v) is 20.5. The number of anilines is 2. The van der Waals surface area contributed by atoms with E-state index in [-0.39, 0.29) is 17.4 Å². The molecule has 10 nitrogen and oxygen atoms in total. The summed E-state index contributed by atoms with van der Waals surface area (Å²) in [6.07, 6.45) is 0. The third-order valence-electron chi connectivity index (χ3n) is 6.19. The Morgan fingerprint density at radius 2 is 1.75 bits per heavy atom. The van der Waals surface area contributed by atoms with Gasteiger partial charge in [-0.1, -0.05) is 12.1 Å². The van der Waals surface area contributed by atoms with Gasteiger partial charge in [-0.25, -0.2) is 9.78 Å².